The highest BCUT2D eigenvalue weighted by Gasteiger charge is 2.20. The molecule has 0 atom stereocenters. The Morgan fingerprint density at radius 3 is 1.72 bits per heavy atom. The van der Waals surface area contributed by atoms with Crippen LogP contribution < -0.4 is 5.73 Å². The largest absolute Gasteiger partial charge is 0.442 e. The molecule has 0 spiro atoms. The Morgan fingerprint density at radius 1 is 0.917 bits per heavy atom. The second kappa shape index (κ2) is 12.2. The first-order valence-corrected chi connectivity index (χ1v) is 10.3. The Labute approximate surface area is 205 Å². The van der Waals surface area contributed by atoms with Gasteiger partial charge in [-0.2, -0.15) is 19.6 Å². The molecule has 16 heteroatoms. The Balaban J connectivity index is 0.000000282. The fourth-order valence-electron chi connectivity index (χ4n) is 2.03. The molecule has 0 amide bonds. The minimum Gasteiger partial charge on any atom is -0.442 e. The number of aromatic nitrogens is 4. The quantitative estimate of drug-likeness (QED) is 0.459. The van der Waals surface area contributed by atoms with Crippen LogP contribution in [0.4, 0.5) is 21.0 Å². The van der Waals surface area contributed by atoms with Crippen molar-refractivity contribution in [3.8, 4) is 0 Å². The van der Waals surface area contributed by atoms with Gasteiger partial charge in [0.2, 0.25) is 0 Å². The normalized spacial score (nSPS) is 12.3. The van der Waals surface area contributed by atoms with Crippen LogP contribution in [0.1, 0.15) is 41.5 Å². The number of carbonyl (C=O) groups excluding carboxylic acids is 2. The first-order valence-electron chi connectivity index (χ1n) is 10.3. The van der Waals surface area contributed by atoms with Gasteiger partial charge in [0.1, 0.15) is 23.6 Å². The molecule has 196 valence electrons. The van der Waals surface area contributed by atoms with E-state index in [2.05, 4.69) is 15.2 Å². The molecule has 1 aliphatic rings. The number of nitrogens with two attached hydrogens (primary N) is 1. The number of anilines is 1. The molecule has 0 aliphatic carbocycles. The summed E-state index contributed by atoms with van der Waals surface area (Å²) >= 11 is 0. The number of allylic oxidation sites excluding steroid dienone is 1. The molecule has 3 heterocycles. The van der Waals surface area contributed by atoms with Crippen LogP contribution in [0.5, 0.6) is 0 Å². The molecule has 16 nitrogen and oxygen atoms in total. The highest BCUT2D eigenvalue weighted by molar-refractivity contribution is 5.77. The summed E-state index contributed by atoms with van der Waals surface area (Å²) in [5.74, 6) is 0. The maximum Gasteiger partial charge on any atom is 0.435 e. The molecule has 2 aromatic heterocycles. The highest BCUT2D eigenvalue weighted by Crippen LogP contribution is 2.12. The average Bonchev–Trinajstić information content (AvgIpc) is 3.48. The molecule has 1 aliphatic heterocycles. The molecule has 0 unspecified atom stereocenters. The number of nitrogens with zero attached hydrogens (tertiary/aromatic N) is 7. The van der Waals surface area contributed by atoms with Gasteiger partial charge in [0.25, 0.3) is 5.70 Å². The van der Waals surface area contributed by atoms with Gasteiger partial charge < -0.3 is 15.2 Å². The SMILES string of the molecule is CC(C)(C)OC(=O)n1cc(N)cn1.CC(C)(C)OC(=O)n1cc([N+](=O)[O-])cn1.O=[N+]([O-])C1=CCN=C1. The molecule has 3 rings (SSSR count). The molecule has 0 saturated carbocycles. The van der Waals surface area contributed by atoms with Crippen LogP contribution in [-0.4, -0.2) is 65.6 Å². The number of nitro groups is 2. The molecule has 36 heavy (non-hydrogen) atoms. The van der Waals surface area contributed by atoms with E-state index in [0.29, 0.717) is 12.2 Å². The Hall–Kier alpha value is -4.63. The van der Waals surface area contributed by atoms with Crippen molar-refractivity contribution >= 4 is 29.8 Å². The van der Waals surface area contributed by atoms with Crippen LogP contribution in [0.2, 0.25) is 0 Å². The van der Waals surface area contributed by atoms with Crippen LogP contribution in [0.15, 0.2) is 41.6 Å². The van der Waals surface area contributed by atoms with E-state index in [9.17, 15) is 29.8 Å². The summed E-state index contributed by atoms with van der Waals surface area (Å²) in [5.41, 5.74) is 4.51. The lowest BCUT2D eigenvalue weighted by Gasteiger charge is -2.18. The van der Waals surface area contributed by atoms with Gasteiger partial charge in [-0.15, -0.1) is 0 Å². The van der Waals surface area contributed by atoms with Gasteiger partial charge in [-0.1, -0.05) is 0 Å². The van der Waals surface area contributed by atoms with Gasteiger partial charge in [-0.3, -0.25) is 25.2 Å². The van der Waals surface area contributed by atoms with Gasteiger partial charge in [-0.25, -0.2) is 9.59 Å². The van der Waals surface area contributed by atoms with Crippen molar-refractivity contribution in [2.24, 2.45) is 4.99 Å². The summed E-state index contributed by atoms with van der Waals surface area (Å²) < 4.78 is 11.9. The van der Waals surface area contributed by atoms with Gasteiger partial charge in [0.15, 0.2) is 0 Å². The van der Waals surface area contributed by atoms with Crippen molar-refractivity contribution in [1.82, 2.24) is 19.6 Å². The Kier molecular flexibility index (Phi) is 9.95. The van der Waals surface area contributed by atoms with E-state index in [1.54, 1.807) is 41.5 Å². The Bertz CT molecular complexity index is 1150. The van der Waals surface area contributed by atoms with Crippen molar-refractivity contribution < 1.29 is 28.9 Å². The van der Waals surface area contributed by atoms with Crippen LogP contribution in [0.25, 0.3) is 0 Å². The van der Waals surface area contributed by atoms with E-state index in [1.807, 2.05) is 0 Å². The predicted molar refractivity (Wildman–Crippen MR) is 127 cm³/mol. The van der Waals surface area contributed by atoms with Crippen LogP contribution >= 0.6 is 0 Å². The van der Waals surface area contributed by atoms with Crippen molar-refractivity contribution in [1.29, 1.82) is 0 Å². The summed E-state index contributed by atoms with van der Waals surface area (Å²) in [7, 11) is 0. The van der Waals surface area contributed by atoms with Gasteiger partial charge in [0.05, 0.1) is 40.7 Å². The molecule has 0 radical (unpaired) electrons. The second-order valence-corrected chi connectivity index (χ2v) is 8.96. The highest BCUT2D eigenvalue weighted by atomic mass is 16.6. The van der Waals surface area contributed by atoms with Crippen molar-refractivity contribution in [2.45, 2.75) is 52.7 Å². The number of nitrogen functional groups attached to an aromatic ring is 1. The molecule has 0 aromatic carbocycles. The summed E-state index contributed by atoms with van der Waals surface area (Å²) in [6, 6.07) is 0. The number of carbonyl (C=O) groups is 2. The minimum absolute atomic E-state index is 0.102. The monoisotopic (exact) mass is 508 g/mol. The fourth-order valence-corrected chi connectivity index (χ4v) is 2.03. The van der Waals surface area contributed by atoms with E-state index < -0.39 is 33.2 Å². The molecule has 2 aromatic rings. The third-order valence-corrected chi connectivity index (χ3v) is 3.38. The van der Waals surface area contributed by atoms with E-state index >= 15 is 0 Å². The van der Waals surface area contributed by atoms with E-state index in [4.69, 9.17) is 15.2 Å². The summed E-state index contributed by atoms with van der Waals surface area (Å²) in [6.45, 7) is 10.9. The topological polar surface area (TPSA) is 213 Å². The van der Waals surface area contributed by atoms with E-state index in [-0.39, 0.29) is 11.4 Å². The minimum atomic E-state index is -0.740. The number of hydrogen-bond acceptors (Lipinski definition) is 12. The third-order valence-electron chi connectivity index (χ3n) is 3.38. The number of hydrogen-bond donors (Lipinski definition) is 1. The lowest BCUT2D eigenvalue weighted by Crippen LogP contribution is -2.27. The van der Waals surface area contributed by atoms with Crippen molar-refractivity contribution in [2.75, 3.05) is 12.3 Å². The zero-order chi connectivity index (χ0) is 27.7. The number of ether oxygens (including phenoxy) is 2. The third kappa shape index (κ3) is 11.0. The summed E-state index contributed by atoms with van der Waals surface area (Å²) in [5, 5.41) is 27.4. The smallest absolute Gasteiger partial charge is 0.435 e. The lowest BCUT2D eigenvalue weighted by molar-refractivity contribution is -0.414. The molecular formula is C20H28N8O8. The molecule has 0 fully saturated rings. The van der Waals surface area contributed by atoms with Gasteiger partial charge in [0, 0.05) is 6.08 Å². The zero-order valence-corrected chi connectivity index (χ0v) is 20.6. The first kappa shape index (κ1) is 29.4. The average molecular weight is 508 g/mol. The fraction of sp³-hybridized carbons (Fsp3) is 0.450. The molecular weight excluding hydrogens is 480 g/mol. The van der Waals surface area contributed by atoms with Crippen LogP contribution in [0.3, 0.4) is 0 Å². The van der Waals surface area contributed by atoms with Gasteiger partial charge in [-0.05, 0) is 41.5 Å². The standard InChI is InChI=1S/C8H11N3O4.C8H13N3O2.C4H4N2O2/c1-8(2,3)15-7(12)10-5-6(4-9-10)11(13)14;1-8(2,3)13-7(12)11-5-6(9)4-10-11;7-6(8)4-1-2-5-3-4/h4-5H,1-3H3;4-5H,9H2,1-3H3;1,3H,2H2. The lowest BCUT2D eigenvalue weighted by atomic mass is 10.2. The summed E-state index contributed by atoms with van der Waals surface area (Å²) in [6.07, 6.45) is 6.27. The van der Waals surface area contributed by atoms with Gasteiger partial charge >= 0.3 is 17.9 Å². The maximum absolute atomic E-state index is 11.4. The van der Waals surface area contributed by atoms with Crippen molar-refractivity contribution in [3.63, 3.8) is 0 Å². The van der Waals surface area contributed by atoms with Crippen molar-refractivity contribution in [3.05, 3.63) is 56.8 Å². The zero-order valence-electron chi connectivity index (χ0n) is 20.6. The maximum atomic E-state index is 11.4. The Morgan fingerprint density at radius 2 is 1.42 bits per heavy atom. The number of rotatable bonds is 2. The van der Waals surface area contributed by atoms with Crippen LogP contribution in [-0.2, 0) is 9.47 Å². The number of aliphatic imine (C=N–C) groups is 1. The molecule has 2 N–H and O–H groups in total. The second-order valence-electron chi connectivity index (χ2n) is 8.96. The van der Waals surface area contributed by atoms with E-state index in [0.717, 1.165) is 21.8 Å². The summed E-state index contributed by atoms with van der Waals surface area (Å²) in [4.78, 5) is 45.4. The first-order chi connectivity index (χ1) is 16.5. The molecule has 0 saturated heterocycles. The van der Waals surface area contributed by atoms with Crippen LogP contribution in [0, 0.1) is 20.2 Å². The van der Waals surface area contributed by atoms with E-state index in [1.165, 1.54) is 24.7 Å². The predicted octanol–water partition coefficient (Wildman–Crippen LogP) is 3.05. The molecule has 0 bridgehead atoms.